The molecule has 5 nitrogen and oxygen atoms in total. The Labute approximate surface area is 133 Å². The lowest BCUT2D eigenvalue weighted by Gasteiger charge is -2.17. The minimum atomic E-state index is -0.0651. The summed E-state index contributed by atoms with van der Waals surface area (Å²) in [6, 6.07) is 15.7. The molecule has 0 radical (unpaired) electrons. The molecule has 0 saturated heterocycles. The number of amides is 1. The summed E-state index contributed by atoms with van der Waals surface area (Å²) in [6.07, 6.45) is 2.57. The molecule has 0 atom stereocenters. The molecule has 5 heteroatoms. The number of carbonyl (C=O) groups excluding carboxylic acids is 1. The Morgan fingerprint density at radius 2 is 1.96 bits per heavy atom. The first-order valence-corrected chi connectivity index (χ1v) is 7.54. The van der Waals surface area contributed by atoms with Gasteiger partial charge in [-0.15, -0.1) is 5.10 Å². The van der Waals surface area contributed by atoms with E-state index in [0.29, 0.717) is 12.4 Å². The maximum atomic E-state index is 12.5. The molecule has 1 aromatic heterocycles. The van der Waals surface area contributed by atoms with E-state index in [2.05, 4.69) is 16.3 Å². The highest BCUT2D eigenvalue weighted by Crippen LogP contribution is 2.27. The highest BCUT2D eigenvalue weighted by Gasteiger charge is 2.24. The van der Waals surface area contributed by atoms with Crippen molar-refractivity contribution in [3.05, 3.63) is 60.3 Å². The van der Waals surface area contributed by atoms with Crippen molar-refractivity contribution in [3.63, 3.8) is 0 Å². The lowest BCUT2D eigenvalue weighted by atomic mass is 10.2. The maximum Gasteiger partial charge on any atom is 0.264 e. The third kappa shape index (κ3) is 2.50. The number of hydrogen-bond acceptors (Lipinski definition) is 4. The van der Waals surface area contributed by atoms with Crippen molar-refractivity contribution in [3.8, 4) is 5.88 Å². The van der Waals surface area contributed by atoms with Crippen molar-refractivity contribution >= 4 is 22.4 Å². The second-order valence-electron chi connectivity index (χ2n) is 5.45. The zero-order valence-electron chi connectivity index (χ0n) is 12.5. The summed E-state index contributed by atoms with van der Waals surface area (Å²) in [7, 11) is 0. The first-order valence-electron chi connectivity index (χ1n) is 7.54. The molecule has 0 saturated carbocycles. The average Bonchev–Trinajstić information content (AvgIpc) is 3.04. The van der Waals surface area contributed by atoms with Crippen LogP contribution in [0.3, 0.4) is 0 Å². The Balaban J connectivity index is 1.52. The average molecular weight is 305 g/mol. The van der Waals surface area contributed by atoms with Crippen molar-refractivity contribution in [1.82, 2.24) is 10.2 Å². The van der Waals surface area contributed by atoms with Gasteiger partial charge in [-0.05, 0) is 24.1 Å². The molecule has 3 aromatic rings. The lowest BCUT2D eigenvalue weighted by Crippen LogP contribution is -2.33. The first kappa shape index (κ1) is 13.7. The smallest absolute Gasteiger partial charge is 0.264 e. The van der Waals surface area contributed by atoms with Gasteiger partial charge in [-0.25, -0.2) is 0 Å². The molecule has 0 fully saturated rings. The quantitative estimate of drug-likeness (QED) is 0.746. The van der Waals surface area contributed by atoms with Crippen LogP contribution in [0.15, 0.2) is 54.7 Å². The minimum absolute atomic E-state index is 0.0446. The van der Waals surface area contributed by atoms with Crippen LogP contribution in [0.2, 0.25) is 0 Å². The zero-order chi connectivity index (χ0) is 15.6. The molecule has 114 valence electrons. The summed E-state index contributed by atoms with van der Waals surface area (Å²) in [6.45, 7) is 0.653. The number of aromatic nitrogens is 2. The summed E-state index contributed by atoms with van der Waals surface area (Å²) < 4.78 is 5.64. The molecule has 1 amide bonds. The van der Waals surface area contributed by atoms with Gasteiger partial charge >= 0.3 is 0 Å². The van der Waals surface area contributed by atoms with Crippen molar-refractivity contribution < 1.29 is 9.53 Å². The number of anilines is 1. The Bertz CT molecular complexity index is 874. The van der Waals surface area contributed by atoms with Crippen molar-refractivity contribution in [2.24, 2.45) is 0 Å². The van der Waals surface area contributed by atoms with Gasteiger partial charge in [-0.2, -0.15) is 5.10 Å². The normalized spacial score (nSPS) is 13.1. The van der Waals surface area contributed by atoms with Gasteiger partial charge in [-0.1, -0.05) is 36.4 Å². The Kier molecular flexibility index (Phi) is 3.38. The highest BCUT2D eigenvalue weighted by molar-refractivity contribution is 5.96. The van der Waals surface area contributed by atoms with Gasteiger partial charge in [0.05, 0.1) is 6.20 Å². The van der Waals surface area contributed by atoms with Gasteiger partial charge in [0.1, 0.15) is 0 Å². The fourth-order valence-corrected chi connectivity index (χ4v) is 2.91. The predicted octanol–water partition coefficient (Wildman–Crippen LogP) is 2.60. The zero-order valence-corrected chi connectivity index (χ0v) is 12.5. The van der Waals surface area contributed by atoms with Gasteiger partial charge in [0.2, 0.25) is 5.88 Å². The third-order valence-corrected chi connectivity index (χ3v) is 4.06. The van der Waals surface area contributed by atoms with E-state index in [1.807, 2.05) is 42.5 Å². The molecule has 23 heavy (non-hydrogen) atoms. The van der Waals surface area contributed by atoms with E-state index in [-0.39, 0.29) is 12.5 Å². The molecule has 0 bridgehead atoms. The standard InChI is InChI=1S/C18H15N3O2/c22-17(21-10-9-13-5-2-4-8-16(13)21)12-23-18-15-7-3-1-6-14(15)11-19-20-18/h1-8,11H,9-10,12H2. The molecule has 0 N–H and O–H groups in total. The van der Waals surface area contributed by atoms with Crippen LogP contribution in [-0.2, 0) is 11.2 Å². The molecule has 1 aliphatic rings. The van der Waals surface area contributed by atoms with Crippen LogP contribution in [0.5, 0.6) is 5.88 Å². The maximum absolute atomic E-state index is 12.5. The van der Waals surface area contributed by atoms with Crippen molar-refractivity contribution in [1.29, 1.82) is 0 Å². The molecule has 1 aliphatic heterocycles. The van der Waals surface area contributed by atoms with Crippen molar-refractivity contribution in [2.75, 3.05) is 18.1 Å². The van der Waals surface area contributed by atoms with E-state index >= 15 is 0 Å². The molecule has 2 aromatic carbocycles. The second kappa shape index (κ2) is 5.68. The van der Waals surface area contributed by atoms with Gasteiger partial charge in [0, 0.05) is 23.0 Å². The highest BCUT2D eigenvalue weighted by atomic mass is 16.5. The topological polar surface area (TPSA) is 55.3 Å². The van der Waals surface area contributed by atoms with Gasteiger partial charge in [0.25, 0.3) is 5.91 Å². The van der Waals surface area contributed by atoms with Gasteiger partial charge in [0.15, 0.2) is 6.61 Å². The number of carbonyl (C=O) groups is 1. The van der Waals surface area contributed by atoms with Crippen LogP contribution in [0, 0.1) is 0 Å². The third-order valence-electron chi connectivity index (χ3n) is 4.06. The largest absolute Gasteiger partial charge is 0.466 e. The van der Waals surface area contributed by atoms with Crippen LogP contribution in [0.25, 0.3) is 10.8 Å². The van der Waals surface area contributed by atoms with E-state index in [1.165, 1.54) is 5.56 Å². The van der Waals surface area contributed by atoms with Gasteiger partial charge < -0.3 is 9.64 Å². The number of hydrogen-bond donors (Lipinski definition) is 0. The molecule has 4 rings (SSSR count). The molecular formula is C18H15N3O2. The summed E-state index contributed by atoms with van der Waals surface area (Å²) in [5.74, 6) is 0.327. The Morgan fingerprint density at radius 3 is 2.91 bits per heavy atom. The van der Waals surface area contributed by atoms with Gasteiger partial charge in [-0.3, -0.25) is 4.79 Å². The van der Waals surface area contributed by atoms with E-state index in [4.69, 9.17) is 4.74 Å². The molecule has 0 unspecified atom stereocenters. The molecule has 2 heterocycles. The fourth-order valence-electron chi connectivity index (χ4n) is 2.91. The number of rotatable bonds is 3. The van der Waals surface area contributed by atoms with E-state index in [0.717, 1.165) is 22.9 Å². The number of benzene rings is 2. The Hall–Kier alpha value is -2.95. The SMILES string of the molecule is O=C(COc1nncc2ccccc12)N1CCc2ccccc21. The van der Waals surface area contributed by atoms with Crippen LogP contribution in [-0.4, -0.2) is 29.3 Å². The van der Waals surface area contributed by atoms with E-state index in [9.17, 15) is 4.79 Å². The lowest BCUT2D eigenvalue weighted by molar-refractivity contribution is -0.120. The predicted molar refractivity (Wildman–Crippen MR) is 87.5 cm³/mol. The van der Waals surface area contributed by atoms with Crippen LogP contribution in [0.4, 0.5) is 5.69 Å². The number of para-hydroxylation sites is 1. The number of fused-ring (bicyclic) bond motifs is 2. The second-order valence-corrected chi connectivity index (χ2v) is 5.45. The summed E-state index contributed by atoms with van der Waals surface area (Å²) in [4.78, 5) is 14.2. The Morgan fingerprint density at radius 1 is 1.13 bits per heavy atom. The van der Waals surface area contributed by atoms with Crippen molar-refractivity contribution in [2.45, 2.75) is 6.42 Å². The summed E-state index contributed by atoms with van der Waals surface area (Å²) in [5, 5.41) is 9.73. The number of nitrogens with zero attached hydrogens (tertiary/aromatic N) is 3. The van der Waals surface area contributed by atoms with E-state index in [1.54, 1.807) is 11.1 Å². The summed E-state index contributed by atoms with van der Waals surface area (Å²) in [5.41, 5.74) is 2.18. The van der Waals surface area contributed by atoms with Crippen LogP contribution < -0.4 is 9.64 Å². The number of ether oxygens (including phenoxy) is 1. The minimum Gasteiger partial charge on any atom is -0.466 e. The summed E-state index contributed by atoms with van der Waals surface area (Å²) >= 11 is 0. The van der Waals surface area contributed by atoms with Crippen LogP contribution >= 0.6 is 0 Å². The van der Waals surface area contributed by atoms with E-state index < -0.39 is 0 Å². The molecule has 0 spiro atoms. The monoisotopic (exact) mass is 305 g/mol. The first-order chi connectivity index (χ1) is 11.3. The molecular weight excluding hydrogens is 290 g/mol. The molecule has 0 aliphatic carbocycles. The van der Waals surface area contributed by atoms with Crippen LogP contribution in [0.1, 0.15) is 5.56 Å². The fraction of sp³-hybridized carbons (Fsp3) is 0.167.